The third-order valence-corrected chi connectivity index (χ3v) is 6.50. The summed E-state index contributed by atoms with van der Waals surface area (Å²) in [6.45, 7) is 3.93. The summed E-state index contributed by atoms with van der Waals surface area (Å²) in [6.07, 6.45) is 1.74. The van der Waals surface area contributed by atoms with E-state index in [1.807, 2.05) is 92.7 Å². The van der Waals surface area contributed by atoms with Crippen LogP contribution < -0.4 is 0 Å². The Labute approximate surface area is 251 Å². The summed E-state index contributed by atoms with van der Waals surface area (Å²) in [4.78, 5) is 13.4. The van der Waals surface area contributed by atoms with Crippen LogP contribution in [0.3, 0.4) is 0 Å². The Morgan fingerprint density at radius 1 is 0.683 bits per heavy atom. The fourth-order valence-corrected chi connectivity index (χ4v) is 4.54. The number of nitrogens with zero attached hydrogens (tertiary/aromatic N) is 3. The molecule has 0 aliphatic carbocycles. The van der Waals surface area contributed by atoms with E-state index in [1.165, 1.54) is 12.1 Å². The normalized spacial score (nSPS) is 10.6. The predicted octanol–water partition coefficient (Wildman–Crippen LogP) is 8.81. The van der Waals surface area contributed by atoms with Gasteiger partial charge in [0.05, 0.1) is 5.58 Å². The van der Waals surface area contributed by atoms with E-state index >= 15 is 0 Å². The maximum absolute atomic E-state index is 13.2. The average molecular weight is 714 g/mol. The van der Waals surface area contributed by atoms with Gasteiger partial charge >= 0.3 is 0 Å². The SMILES string of the molecule is Cc1ccc2c(n1)oc1c(-c3cc(-c4ccc(F)cc4)ccn3)[c-]ccc12.Cc1cccc(-c2[c-]cccc2)n1.[Ir]. The van der Waals surface area contributed by atoms with E-state index in [0.29, 0.717) is 11.3 Å². The maximum atomic E-state index is 13.2. The molecule has 0 fully saturated rings. The van der Waals surface area contributed by atoms with Crippen molar-refractivity contribution >= 4 is 22.1 Å². The first-order valence-electron chi connectivity index (χ1n) is 12.9. The van der Waals surface area contributed by atoms with Crippen LogP contribution in [0.5, 0.6) is 0 Å². The number of furan rings is 1. The molecule has 0 saturated heterocycles. The monoisotopic (exact) mass is 714 g/mol. The molecule has 0 aliphatic heterocycles. The van der Waals surface area contributed by atoms with E-state index in [-0.39, 0.29) is 25.9 Å². The second kappa shape index (κ2) is 12.3. The third kappa shape index (κ3) is 6.14. The van der Waals surface area contributed by atoms with Crippen LogP contribution in [0.2, 0.25) is 0 Å². The van der Waals surface area contributed by atoms with Crippen LogP contribution >= 0.6 is 0 Å². The standard InChI is InChI=1S/C23H14FN2O.C12H10N.Ir/c1-14-5-10-19-18-3-2-4-20(22(18)27-23(19)26-14)21-13-16(11-12-25-21)15-6-8-17(24)9-7-15;1-10-6-5-9-12(13-10)11-7-3-2-4-8-11;/h2-3,5-13H,1H3;2-7,9H,1H3;/q2*-1;. The molecule has 0 aliphatic rings. The van der Waals surface area contributed by atoms with Gasteiger partial charge in [0.15, 0.2) is 0 Å². The molecule has 41 heavy (non-hydrogen) atoms. The molecule has 6 heteroatoms. The fraction of sp³-hybridized carbons (Fsp3) is 0.0571. The predicted molar refractivity (Wildman–Crippen MR) is 157 cm³/mol. The second-order valence-corrected chi connectivity index (χ2v) is 9.38. The van der Waals surface area contributed by atoms with Crippen LogP contribution in [0, 0.1) is 31.8 Å². The van der Waals surface area contributed by atoms with Crippen LogP contribution in [0.15, 0.2) is 114 Å². The number of hydrogen-bond donors (Lipinski definition) is 0. The molecule has 0 bridgehead atoms. The van der Waals surface area contributed by atoms with Gasteiger partial charge in [-0.1, -0.05) is 41.3 Å². The molecule has 0 N–H and O–H groups in total. The minimum Gasteiger partial charge on any atom is -0.486 e. The zero-order valence-corrected chi connectivity index (χ0v) is 24.7. The van der Waals surface area contributed by atoms with E-state index in [9.17, 15) is 4.39 Å². The summed E-state index contributed by atoms with van der Waals surface area (Å²) in [5.41, 5.74) is 8.72. The summed E-state index contributed by atoms with van der Waals surface area (Å²) in [6, 6.07) is 38.4. The van der Waals surface area contributed by atoms with Gasteiger partial charge in [-0.05, 0) is 72.8 Å². The maximum Gasteiger partial charge on any atom is 0.216 e. The number of rotatable bonds is 3. The molecule has 7 rings (SSSR count). The van der Waals surface area contributed by atoms with Gasteiger partial charge < -0.3 is 14.4 Å². The molecule has 0 atom stereocenters. The Hall–Kier alpha value is -4.51. The largest absolute Gasteiger partial charge is 0.486 e. The van der Waals surface area contributed by atoms with Crippen LogP contribution in [-0.4, -0.2) is 15.0 Å². The van der Waals surface area contributed by atoms with Crippen molar-refractivity contribution in [2.75, 3.05) is 0 Å². The van der Waals surface area contributed by atoms with Crippen molar-refractivity contribution < 1.29 is 28.9 Å². The van der Waals surface area contributed by atoms with Crippen molar-refractivity contribution in [3.05, 3.63) is 139 Å². The molecule has 4 nitrogen and oxygen atoms in total. The molecule has 1 radical (unpaired) electrons. The number of aromatic nitrogens is 3. The Morgan fingerprint density at radius 3 is 2.29 bits per heavy atom. The Kier molecular flexibility index (Phi) is 8.44. The third-order valence-electron chi connectivity index (χ3n) is 6.50. The molecule has 3 aromatic carbocycles. The van der Waals surface area contributed by atoms with Gasteiger partial charge in [0, 0.05) is 43.1 Å². The summed E-state index contributed by atoms with van der Waals surface area (Å²) in [7, 11) is 0. The van der Waals surface area contributed by atoms with Gasteiger partial charge in [0.25, 0.3) is 0 Å². The molecule has 7 aromatic rings. The Balaban J connectivity index is 0.000000204. The van der Waals surface area contributed by atoms with Crippen molar-refractivity contribution in [2.45, 2.75) is 13.8 Å². The summed E-state index contributed by atoms with van der Waals surface area (Å²) < 4.78 is 19.3. The zero-order valence-electron chi connectivity index (χ0n) is 22.4. The first-order chi connectivity index (χ1) is 19.5. The first kappa shape index (κ1) is 28.0. The topological polar surface area (TPSA) is 51.8 Å². The van der Waals surface area contributed by atoms with E-state index in [4.69, 9.17) is 4.42 Å². The van der Waals surface area contributed by atoms with Crippen molar-refractivity contribution in [1.82, 2.24) is 15.0 Å². The van der Waals surface area contributed by atoms with Crippen LogP contribution in [0.25, 0.3) is 55.7 Å². The summed E-state index contributed by atoms with van der Waals surface area (Å²) in [5, 5.41) is 1.96. The number of aryl methyl sites for hydroxylation is 2. The van der Waals surface area contributed by atoms with Gasteiger partial charge in [-0.3, -0.25) is 0 Å². The van der Waals surface area contributed by atoms with Gasteiger partial charge in [-0.2, -0.15) is 0 Å². The smallest absolute Gasteiger partial charge is 0.216 e. The molecule has 0 amide bonds. The van der Waals surface area contributed by atoms with E-state index in [1.54, 1.807) is 18.3 Å². The number of fused-ring (bicyclic) bond motifs is 3. The number of pyridine rings is 3. The van der Waals surface area contributed by atoms with Crippen molar-refractivity contribution in [3.8, 4) is 33.6 Å². The van der Waals surface area contributed by atoms with E-state index < -0.39 is 0 Å². The van der Waals surface area contributed by atoms with E-state index in [0.717, 1.165) is 55.8 Å². The molecule has 4 aromatic heterocycles. The number of hydrogen-bond acceptors (Lipinski definition) is 4. The zero-order chi connectivity index (χ0) is 27.5. The van der Waals surface area contributed by atoms with Crippen LogP contribution in [0.1, 0.15) is 11.4 Å². The van der Waals surface area contributed by atoms with Crippen molar-refractivity contribution in [1.29, 1.82) is 0 Å². The summed E-state index contributed by atoms with van der Waals surface area (Å²) in [5.74, 6) is -0.254. The molecule has 0 unspecified atom stereocenters. The minimum atomic E-state index is -0.254. The average Bonchev–Trinajstić information content (AvgIpc) is 3.36. The van der Waals surface area contributed by atoms with Crippen LogP contribution in [0.4, 0.5) is 4.39 Å². The molecule has 203 valence electrons. The van der Waals surface area contributed by atoms with E-state index in [2.05, 4.69) is 27.1 Å². The van der Waals surface area contributed by atoms with Crippen molar-refractivity contribution in [2.24, 2.45) is 0 Å². The Morgan fingerprint density at radius 2 is 1.51 bits per heavy atom. The molecule has 0 saturated carbocycles. The molecule has 0 spiro atoms. The van der Waals surface area contributed by atoms with Gasteiger partial charge in [-0.25, -0.2) is 9.37 Å². The van der Waals surface area contributed by atoms with Gasteiger partial charge in [0.1, 0.15) is 5.82 Å². The molecule has 4 heterocycles. The summed E-state index contributed by atoms with van der Waals surface area (Å²) >= 11 is 0. The number of halogens is 1. The van der Waals surface area contributed by atoms with Gasteiger partial charge in [-0.15, -0.1) is 54.1 Å². The molecular formula is C35H24FIrN3O-2. The quantitative estimate of drug-likeness (QED) is 0.172. The fourth-order valence-electron chi connectivity index (χ4n) is 4.54. The first-order valence-corrected chi connectivity index (χ1v) is 12.9. The van der Waals surface area contributed by atoms with Crippen LogP contribution in [-0.2, 0) is 20.1 Å². The number of benzene rings is 3. The Bertz CT molecular complexity index is 1940. The second-order valence-electron chi connectivity index (χ2n) is 9.38. The minimum absolute atomic E-state index is 0. The van der Waals surface area contributed by atoms with Gasteiger partial charge in [0.2, 0.25) is 5.71 Å². The molecular weight excluding hydrogens is 690 g/mol. The van der Waals surface area contributed by atoms with Crippen molar-refractivity contribution in [3.63, 3.8) is 0 Å².